The van der Waals surface area contributed by atoms with Gasteiger partial charge in [0.1, 0.15) is 0 Å². The van der Waals surface area contributed by atoms with E-state index in [0.29, 0.717) is 0 Å². The van der Waals surface area contributed by atoms with Gasteiger partial charge in [-0.1, -0.05) is 25.1 Å². The van der Waals surface area contributed by atoms with Crippen LogP contribution in [0.2, 0.25) is 0 Å². The number of likely N-dealkylation sites (N-methyl/N-ethyl adjacent to an activating group) is 1. The first kappa shape index (κ1) is 12.0. The van der Waals surface area contributed by atoms with E-state index < -0.39 is 0 Å². The van der Waals surface area contributed by atoms with Gasteiger partial charge in [0.05, 0.1) is 0 Å². The van der Waals surface area contributed by atoms with Crippen LogP contribution in [0, 0.1) is 0 Å². The normalized spacial score (nSPS) is 17.2. The lowest BCUT2D eigenvalue weighted by atomic mass is 9.93. The summed E-state index contributed by atoms with van der Waals surface area (Å²) in [6.07, 6.45) is 1.19. The predicted octanol–water partition coefficient (Wildman–Crippen LogP) is 3.23. The van der Waals surface area contributed by atoms with Crippen molar-refractivity contribution in [1.29, 1.82) is 0 Å². The number of fused-ring (bicyclic) bond motifs is 1. The minimum Gasteiger partial charge on any atom is -0.299 e. The van der Waals surface area contributed by atoms with Gasteiger partial charge in [-0.2, -0.15) is 12.6 Å². The Morgan fingerprint density at radius 1 is 1.31 bits per heavy atom. The third-order valence-corrected chi connectivity index (χ3v) is 3.71. The predicted molar refractivity (Wildman–Crippen MR) is 73.1 cm³/mol. The lowest BCUT2D eigenvalue weighted by Gasteiger charge is -2.29. The van der Waals surface area contributed by atoms with Gasteiger partial charge in [-0.05, 0) is 43.5 Å². The average Bonchev–Trinajstić information content (AvgIpc) is 2.26. The monoisotopic (exact) mass is 235 g/mol. The molecule has 2 heteroatoms. The smallest absolute Gasteiger partial charge is 0.0322 e. The molecule has 0 saturated carbocycles. The zero-order valence-electron chi connectivity index (χ0n) is 10.5. The van der Waals surface area contributed by atoms with Gasteiger partial charge < -0.3 is 0 Å². The van der Waals surface area contributed by atoms with Crippen LogP contribution in [0.25, 0.3) is 0 Å². The Hall–Kier alpha value is -0.470. The molecule has 1 aromatic carbocycles. The molecule has 0 amide bonds. The molecule has 1 aliphatic rings. The molecule has 0 N–H and O–H groups in total. The Morgan fingerprint density at radius 3 is 2.69 bits per heavy atom. The van der Waals surface area contributed by atoms with E-state index in [2.05, 4.69) is 56.5 Å². The molecule has 0 fully saturated rings. The lowest BCUT2D eigenvalue weighted by molar-refractivity contribution is 0.268. The van der Waals surface area contributed by atoms with Crippen molar-refractivity contribution in [2.75, 3.05) is 13.1 Å². The first-order valence-electron chi connectivity index (χ1n) is 6.07. The van der Waals surface area contributed by atoms with Gasteiger partial charge in [-0.25, -0.2) is 0 Å². The van der Waals surface area contributed by atoms with E-state index in [1.54, 1.807) is 0 Å². The van der Waals surface area contributed by atoms with Crippen molar-refractivity contribution in [3.63, 3.8) is 0 Å². The van der Waals surface area contributed by atoms with Gasteiger partial charge in [0, 0.05) is 17.8 Å². The third kappa shape index (κ3) is 2.44. The molecule has 0 saturated heterocycles. The summed E-state index contributed by atoms with van der Waals surface area (Å²) in [6, 6.07) is 6.85. The van der Waals surface area contributed by atoms with Crippen molar-refractivity contribution in [2.45, 2.75) is 38.5 Å². The molecular formula is C14H21NS. The highest BCUT2D eigenvalue weighted by Crippen LogP contribution is 2.30. The Morgan fingerprint density at radius 2 is 2.06 bits per heavy atom. The largest absolute Gasteiger partial charge is 0.299 e. The highest BCUT2D eigenvalue weighted by atomic mass is 32.1. The first-order chi connectivity index (χ1) is 7.50. The summed E-state index contributed by atoms with van der Waals surface area (Å²) in [6.45, 7) is 9.98. The number of nitrogens with zero attached hydrogens (tertiary/aromatic N) is 1. The minimum absolute atomic E-state index is 0.0382. The van der Waals surface area contributed by atoms with Gasteiger partial charge in [0.2, 0.25) is 0 Å². The molecule has 0 spiro atoms. The van der Waals surface area contributed by atoms with Crippen LogP contribution in [0.4, 0.5) is 0 Å². The van der Waals surface area contributed by atoms with Crippen LogP contribution in [0.5, 0.6) is 0 Å². The van der Waals surface area contributed by atoms with Crippen molar-refractivity contribution in [3.05, 3.63) is 34.9 Å². The van der Waals surface area contributed by atoms with Crippen molar-refractivity contribution >= 4 is 12.6 Å². The molecule has 88 valence electrons. The molecule has 1 heterocycles. The van der Waals surface area contributed by atoms with Crippen molar-refractivity contribution in [2.24, 2.45) is 0 Å². The highest BCUT2D eigenvalue weighted by Gasteiger charge is 2.19. The van der Waals surface area contributed by atoms with Crippen LogP contribution in [0.3, 0.4) is 0 Å². The van der Waals surface area contributed by atoms with Gasteiger partial charge in [0.15, 0.2) is 0 Å². The molecule has 0 bridgehead atoms. The Bertz CT molecular complexity index is 379. The van der Waals surface area contributed by atoms with Gasteiger partial charge in [-0.3, -0.25) is 4.90 Å². The van der Waals surface area contributed by atoms with Crippen LogP contribution in [-0.2, 0) is 17.7 Å². The molecular weight excluding hydrogens is 214 g/mol. The van der Waals surface area contributed by atoms with E-state index in [9.17, 15) is 0 Å². The van der Waals surface area contributed by atoms with E-state index in [1.165, 1.54) is 29.7 Å². The molecule has 0 aromatic heterocycles. The molecule has 0 aliphatic carbocycles. The van der Waals surface area contributed by atoms with Crippen molar-refractivity contribution < 1.29 is 0 Å². The van der Waals surface area contributed by atoms with E-state index in [1.807, 2.05) is 0 Å². The minimum atomic E-state index is -0.0382. The second-order valence-electron chi connectivity index (χ2n) is 5.16. The standard InChI is InChI=1S/C14H21NS/c1-4-15-8-7-11-5-6-13(14(2,3)16)9-12(11)10-15/h5-6,9,16H,4,7-8,10H2,1-3H3. The summed E-state index contributed by atoms with van der Waals surface area (Å²) in [7, 11) is 0. The maximum Gasteiger partial charge on any atom is 0.0322 e. The van der Waals surface area contributed by atoms with Crippen LogP contribution in [-0.4, -0.2) is 18.0 Å². The third-order valence-electron chi connectivity index (χ3n) is 3.45. The fraction of sp³-hybridized carbons (Fsp3) is 0.571. The van der Waals surface area contributed by atoms with E-state index in [4.69, 9.17) is 0 Å². The summed E-state index contributed by atoms with van der Waals surface area (Å²) in [5.74, 6) is 0. The zero-order chi connectivity index (χ0) is 11.8. The average molecular weight is 235 g/mol. The van der Waals surface area contributed by atoms with E-state index >= 15 is 0 Å². The number of benzene rings is 1. The topological polar surface area (TPSA) is 3.24 Å². The summed E-state index contributed by atoms with van der Waals surface area (Å²) < 4.78 is -0.0382. The molecule has 1 aromatic rings. The Balaban J connectivity index is 2.31. The number of thiol groups is 1. The number of hydrogen-bond donors (Lipinski definition) is 1. The molecule has 1 nitrogen and oxygen atoms in total. The molecule has 0 radical (unpaired) electrons. The summed E-state index contributed by atoms with van der Waals surface area (Å²) in [5, 5.41) is 0. The molecule has 0 unspecified atom stereocenters. The van der Waals surface area contributed by atoms with Crippen molar-refractivity contribution in [1.82, 2.24) is 4.90 Å². The number of rotatable bonds is 2. The second kappa shape index (κ2) is 4.42. The second-order valence-corrected chi connectivity index (χ2v) is 6.28. The highest BCUT2D eigenvalue weighted by molar-refractivity contribution is 7.81. The Labute approximate surface area is 104 Å². The summed E-state index contributed by atoms with van der Waals surface area (Å²) >= 11 is 4.64. The van der Waals surface area contributed by atoms with Crippen LogP contribution in [0.15, 0.2) is 18.2 Å². The SMILES string of the molecule is CCN1CCc2ccc(C(C)(C)S)cc2C1. The quantitative estimate of drug-likeness (QED) is 0.770. The van der Waals surface area contributed by atoms with Gasteiger partial charge in [-0.15, -0.1) is 0 Å². The maximum atomic E-state index is 4.64. The first-order valence-corrected chi connectivity index (χ1v) is 6.52. The summed E-state index contributed by atoms with van der Waals surface area (Å²) in [4.78, 5) is 2.50. The molecule has 16 heavy (non-hydrogen) atoms. The zero-order valence-corrected chi connectivity index (χ0v) is 11.3. The molecule has 0 atom stereocenters. The lowest BCUT2D eigenvalue weighted by Crippen LogP contribution is -2.30. The fourth-order valence-electron chi connectivity index (χ4n) is 2.27. The fourth-order valence-corrected chi connectivity index (χ4v) is 2.41. The molecule has 2 rings (SSSR count). The number of hydrogen-bond acceptors (Lipinski definition) is 2. The van der Waals surface area contributed by atoms with E-state index in [0.717, 1.165) is 13.1 Å². The van der Waals surface area contributed by atoms with Crippen LogP contribution in [0.1, 0.15) is 37.5 Å². The van der Waals surface area contributed by atoms with Gasteiger partial charge >= 0.3 is 0 Å². The van der Waals surface area contributed by atoms with E-state index in [-0.39, 0.29) is 4.75 Å². The maximum absolute atomic E-state index is 4.64. The van der Waals surface area contributed by atoms with Crippen LogP contribution >= 0.6 is 12.6 Å². The van der Waals surface area contributed by atoms with Crippen LogP contribution < -0.4 is 0 Å². The van der Waals surface area contributed by atoms with Gasteiger partial charge in [0.25, 0.3) is 0 Å². The Kier molecular flexibility index (Phi) is 3.32. The molecule has 1 aliphatic heterocycles. The van der Waals surface area contributed by atoms with Crippen molar-refractivity contribution in [3.8, 4) is 0 Å². The summed E-state index contributed by atoms with van der Waals surface area (Å²) in [5.41, 5.74) is 4.34.